The van der Waals surface area contributed by atoms with Gasteiger partial charge in [-0.2, -0.15) is 6.07 Å². The first-order valence-corrected chi connectivity index (χ1v) is 3.02. The molecule has 0 aliphatic rings. The fraction of sp³-hybridized carbons (Fsp3) is 0. The maximum absolute atomic E-state index is 12.2. The predicted molar refractivity (Wildman–Crippen MR) is 32.9 cm³/mol. The standard InChI is InChI=1S/C6H2BrF2.Li/c7-5-2-1-4(8)3-6(5)9;/h1-2H;/q-1;+1. The number of hydrogen-bond donors (Lipinski definition) is 0. The molecule has 48 valence electrons. The smallest absolute Gasteiger partial charge is 0.236 e. The van der Waals surface area contributed by atoms with Gasteiger partial charge in [-0.05, 0) is 0 Å². The molecule has 0 unspecified atom stereocenters. The molecule has 4 heteroatoms. The third kappa shape index (κ3) is 2.41. The summed E-state index contributed by atoms with van der Waals surface area (Å²) in [5, 5.41) is 0. The van der Waals surface area contributed by atoms with Crippen molar-refractivity contribution in [3.63, 3.8) is 0 Å². The summed E-state index contributed by atoms with van der Waals surface area (Å²) in [6.07, 6.45) is 0. The van der Waals surface area contributed by atoms with E-state index in [0.717, 1.165) is 6.07 Å². The van der Waals surface area contributed by atoms with Crippen molar-refractivity contribution in [1.29, 1.82) is 0 Å². The fourth-order valence-electron chi connectivity index (χ4n) is 0.426. The van der Waals surface area contributed by atoms with Crippen molar-refractivity contribution in [2.24, 2.45) is 0 Å². The average molecular weight is 199 g/mol. The monoisotopic (exact) mass is 198 g/mol. The Morgan fingerprint density at radius 3 is 2.30 bits per heavy atom. The van der Waals surface area contributed by atoms with Crippen LogP contribution < -0.4 is 18.9 Å². The van der Waals surface area contributed by atoms with Crippen molar-refractivity contribution in [2.45, 2.75) is 0 Å². The summed E-state index contributed by atoms with van der Waals surface area (Å²) in [6.45, 7) is 0. The zero-order chi connectivity index (χ0) is 6.85. The van der Waals surface area contributed by atoms with E-state index in [9.17, 15) is 8.78 Å². The van der Waals surface area contributed by atoms with Gasteiger partial charge in [-0.25, -0.2) is 8.78 Å². The molecule has 0 saturated heterocycles. The third-order valence-corrected chi connectivity index (χ3v) is 1.43. The first-order valence-electron chi connectivity index (χ1n) is 2.23. The fourth-order valence-corrected chi connectivity index (χ4v) is 0.657. The Balaban J connectivity index is 0.000000810. The van der Waals surface area contributed by atoms with Crippen molar-refractivity contribution in [3.8, 4) is 0 Å². The van der Waals surface area contributed by atoms with Crippen molar-refractivity contribution in [1.82, 2.24) is 0 Å². The zero-order valence-corrected chi connectivity index (χ0v) is 6.87. The van der Waals surface area contributed by atoms with E-state index >= 15 is 0 Å². The third-order valence-electron chi connectivity index (χ3n) is 0.815. The van der Waals surface area contributed by atoms with Gasteiger partial charge in [0, 0.05) is 11.6 Å². The molecule has 0 nitrogen and oxygen atoms in total. The van der Waals surface area contributed by atoms with Crippen LogP contribution in [0.1, 0.15) is 0 Å². The summed E-state index contributed by atoms with van der Waals surface area (Å²) in [5.41, 5.74) is 0. The van der Waals surface area contributed by atoms with Gasteiger partial charge in [-0.3, -0.25) is 0 Å². The maximum atomic E-state index is 12.2. The first-order chi connectivity index (χ1) is 4.20. The van der Waals surface area contributed by atoms with Gasteiger partial charge < -0.3 is 0 Å². The van der Waals surface area contributed by atoms with Gasteiger partial charge in [0.2, 0.25) is 0 Å². The molecule has 0 bridgehead atoms. The average Bonchev–Trinajstić information content (AvgIpc) is 1.80. The Bertz CT molecular complexity index is 227. The van der Waals surface area contributed by atoms with Gasteiger partial charge in [0.1, 0.15) is 0 Å². The topological polar surface area (TPSA) is 0 Å². The minimum absolute atomic E-state index is 0. The second-order valence-corrected chi connectivity index (χ2v) is 2.32. The quantitative estimate of drug-likeness (QED) is 0.301. The van der Waals surface area contributed by atoms with Crippen LogP contribution in [0.15, 0.2) is 16.6 Å². The van der Waals surface area contributed by atoms with Gasteiger partial charge in [-0.15, -0.1) is 28.1 Å². The molecule has 1 rings (SSSR count). The van der Waals surface area contributed by atoms with Gasteiger partial charge >= 0.3 is 18.9 Å². The van der Waals surface area contributed by atoms with Gasteiger partial charge in [0.25, 0.3) is 0 Å². The Morgan fingerprint density at radius 2 is 1.90 bits per heavy atom. The summed E-state index contributed by atoms with van der Waals surface area (Å²) in [4.78, 5) is 0. The molecule has 10 heavy (non-hydrogen) atoms. The molecule has 0 aliphatic heterocycles. The minimum Gasteiger partial charge on any atom is -0.236 e. The Kier molecular flexibility index (Phi) is 4.19. The first kappa shape index (κ1) is 10.2. The summed E-state index contributed by atoms with van der Waals surface area (Å²) in [6, 6.07) is 4.28. The van der Waals surface area contributed by atoms with E-state index in [4.69, 9.17) is 0 Å². The van der Waals surface area contributed by atoms with E-state index in [0.29, 0.717) is 0 Å². The Morgan fingerprint density at radius 1 is 1.30 bits per heavy atom. The van der Waals surface area contributed by atoms with Crippen molar-refractivity contribution < 1.29 is 27.6 Å². The molecule has 0 heterocycles. The molecule has 0 aliphatic carbocycles. The number of halogens is 3. The van der Waals surface area contributed by atoms with Crippen molar-refractivity contribution in [2.75, 3.05) is 0 Å². The molecule has 0 amide bonds. The molecule has 0 N–H and O–H groups in total. The number of hydrogen-bond acceptors (Lipinski definition) is 0. The van der Waals surface area contributed by atoms with Gasteiger partial charge in [-0.1, -0.05) is 4.47 Å². The molecular weight excluding hydrogens is 197 g/mol. The van der Waals surface area contributed by atoms with Crippen LogP contribution in [0.25, 0.3) is 0 Å². The molecular formula is C6H2BrF2Li. The van der Waals surface area contributed by atoms with Crippen LogP contribution in [0, 0.1) is 17.7 Å². The van der Waals surface area contributed by atoms with Crippen LogP contribution >= 0.6 is 15.9 Å². The number of rotatable bonds is 0. The van der Waals surface area contributed by atoms with Gasteiger partial charge in [0.15, 0.2) is 0 Å². The van der Waals surface area contributed by atoms with Crippen LogP contribution in [0.3, 0.4) is 0 Å². The molecule has 1 aromatic rings. The maximum Gasteiger partial charge on any atom is 1.00 e. The molecule has 0 atom stereocenters. The summed E-state index contributed by atoms with van der Waals surface area (Å²) >= 11 is 2.86. The molecule has 0 aromatic heterocycles. The van der Waals surface area contributed by atoms with E-state index < -0.39 is 11.6 Å². The second kappa shape index (κ2) is 4.12. The van der Waals surface area contributed by atoms with Crippen LogP contribution in [0.4, 0.5) is 8.78 Å². The summed E-state index contributed by atoms with van der Waals surface area (Å²) in [5.74, 6) is -1.38. The summed E-state index contributed by atoms with van der Waals surface area (Å²) < 4.78 is 24.5. The van der Waals surface area contributed by atoms with E-state index in [1.165, 1.54) is 6.07 Å². The van der Waals surface area contributed by atoms with Crippen molar-refractivity contribution >= 4 is 15.9 Å². The second-order valence-electron chi connectivity index (χ2n) is 1.47. The Labute approximate surface area is 77.9 Å². The van der Waals surface area contributed by atoms with E-state index in [2.05, 4.69) is 15.9 Å². The molecule has 1 aromatic carbocycles. The zero-order valence-electron chi connectivity index (χ0n) is 5.29. The molecule has 0 radical (unpaired) electrons. The van der Waals surface area contributed by atoms with Crippen LogP contribution in [0.2, 0.25) is 0 Å². The molecule has 0 fully saturated rings. The van der Waals surface area contributed by atoms with E-state index in [1.807, 2.05) is 6.07 Å². The number of benzene rings is 1. The van der Waals surface area contributed by atoms with Crippen LogP contribution in [-0.4, -0.2) is 0 Å². The van der Waals surface area contributed by atoms with Crippen molar-refractivity contribution in [3.05, 3.63) is 34.3 Å². The largest absolute Gasteiger partial charge is 1.00 e. The van der Waals surface area contributed by atoms with E-state index in [1.54, 1.807) is 0 Å². The Hall–Kier alpha value is 0.157. The van der Waals surface area contributed by atoms with Crippen LogP contribution in [-0.2, 0) is 0 Å². The SMILES string of the molecule is Fc1[c-]c(F)c(Br)cc1.[Li+]. The minimum atomic E-state index is -0.699. The molecule has 0 saturated carbocycles. The predicted octanol–water partition coefficient (Wildman–Crippen LogP) is -0.469. The summed E-state index contributed by atoms with van der Waals surface area (Å²) in [7, 11) is 0. The normalized spacial score (nSPS) is 8.70. The molecule has 0 spiro atoms. The van der Waals surface area contributed by atoms with E-state index in [-0.39, 0.29) is 23.3 Å². The van der Waals surface area contributed by atoms with Gasteiger partial charge in [0.05, 0.1) is 0 Å². The van der Waals surface area contributed by atoms with Crippen LogP contribution in [0.5, 0.6) is 0 Å².